The van der Waals surface area contributed by atoms with Crippen molar-refractivity contribution in [3.05, 3.63) is 23.8 Å². The monoisotopic (exact) mass is 235 g/mol. The molecule has 0 aromatic heterocycles. The topological polar surface area (TPSA) is 49.8 Å². The summed E-state index contributed by atoms with van der Waals surface area (Å²) in [5, 5.41) is 8.91. The van der Waals surface area contributed by atoms with Crippen LogP contribution in [0, 0.1) is 0 Å². The maximum atomic E-state index is 10.8. The summed E-state index contributed by atoms with van der Waals surface area (Å²) in [6.07, 6.45) is 0.174. The van der Waals surface area contributed by atoms with Gasteiger partial charge in [-0.1, -0.05) is 12.1 Å². The third kappa shape index (κ3) is 2.20. The smallest absolute Gasteiger partial charge is 0.304 e. The number of rotatable bonds is 4. The van der Waals surface area contributed by atoms with Gasteiger partial charge in [-0.15, -0.1) is 0 Å². The van der Waals surface area contributed by atoms with E-state index in [9.17, 15) is 4.79 Å². The fourth-order valence-electron chi connectivity index (χ4n) is 2.45. The first kappa shape index (κ1) is 11.8. The molecule has 1 atom stereocenters. The van der Waals surface area contributed by atoms with E-state index in [1.807, 2.05) is 32.2 Å². The van der Waals surface area contributed by atoms with E-state index in [1.54, 1.807) is 0 Å². The number of para-hydroxylation sites is 1. The number of carboxylic acid groups (broad SMARTS) is 1. The van der Waals surface area contributed by atoms with Gasteiger partial charge in [0.25, 0.3) is 0 Å². The third-order valence-electron chi connectivity index (χ3n) is 3.07. The van der Waals surface area contributed by atoms with Crippen LogP contribution >= 0.6 is 0 Å². The number of anilines is 1. The van der Waals surface area contributed by atoms with Crippen molar-refractivity contribution in [2.45, 2.75) is 19.3 Å². The summed E-state index contributed by atoms with van der Waals surface area (Å²) in [5.74, 6) is 0.159. The van der Waals surface area contributed by atoms with Gasteiger partial charge in [-0.3, -0.25) is 4.79 Å². The van der Waals surface area contributed by atoms with Crippen LogP contribution < -0.4 is 9.64 Å². The summed E-state index contributed by atoms with van der Waals surface area (Å²) in [7, 11) is 1.98. The van der Waals surface area contributed by atoms with Gasteiger partial charge in [0.15, 0.2) is 0 Å². The van der Waals surface area contributed by atoms with Crippen LogP contribution in [-0.2, 0) is 4.79 Å². The fourth-order valence-corrected chi connectivity index (χ4v) is 2.45. The molecular weight excluding hydrogens is 218 g/mol. The van der Waals surface area contributed by atoms with E-state index in [2.05, 4.69) is 4.90 Å². The lowest BCUT2D eigenvalue weighted by Gasteiger charge is -2.16. The molecule has 0 aliphatic carbocycles. The number of carbonyl (C=O) groups is 1. The molecule has 92 valence electrons. The standard InChI is InChI=1S/C13H17NO3/c1-3-17-11-6-4-5-10-9(7-12(15)16)8-14(2)13(10)11/h4-6,9H,3,7-8H2,1-2H3,(H,15,16). The van der Waals surface area contributed by atoms with Crippen LogP contribution in [0.4, 0.5) is 5.69 Å². The molecule has 1 N–H and O–H groups in total. The van der Waals surface area contributed by atoms with Gasteiger partial charge in [0, 0.05) is 19.5 Å². The Balaban J connectivity index is 2.35. The molecule has 17 heavy (non-hydrogen) atoms. The minimum Gasteiger partial charge on any atom is -0.492 e. The molecule has 1 aliphatic rings. The second kappa shape index (κ2) is 4.65. The largest absolute Gasteiger partial charge is 0.492 e. The van der Waals surface area contributed by atoms with Gasteiger partial charge < -0.3 is 14.7 Å². The van der Waals surface area contributed by atoms with Crippen molar-refractivity contribution in [3.63, 3.8) is 0 Å². The number of benzene rings is 1. The number of aliphatic carboxylic acids is 1. The van der Waals surface area contributed by atoms with Crippen molar-refractivity contribution < 1.29 is 14.6 Å². The van der Waals surface area contributed by atoms with E-state index < -0.39 is 5.97 Å². The molecule has 0 bridgehead atoms. The van der Waals surface area contributed by atoms with Crippen molar-refractivity contribution in [3.8, 4) is 5.75 Å². The molecule has 0 spiro atoms. The molecule has 4 heteroatoms. The highest BCUT2D eigenvalue weighted by atomic mass is 16.5. The zero-order chi connectivity index (χ0) is 12.4. The van der Waals surface area contributed by atoms with E-state index >= 15 is 0 Å². The van der Waals surface area contributed by atoms with E-state index in [1.165, 1.54) is 0 Å². The lowest BCUT2D eigenvalue weighted by molar-refractivity contribution is -0.137. The van der Waals surface area contributed by atoms with Crippen LogP contribution in [0.15, 0.2) is 18.2 Å². The number of hydrogen-bond acceptors (Lipinski definition) is 3. The van der Waals surface area contributed by atoms with Gasteiger partial charge in [0.05, 0.1) is 18.7 Å². The summed E-state index contributed by atoms with van der Waals surface area (Å²) < 4.78 is 5.58. The fraction of sp³-hybridized carbons (Fsp3) is 0.462. The first-order chi connectivity index (χ1) is 8.13. The first-order valence-electron chi connectivity index (χ1n) is 5.82. The van der Waals surface area contributed by atoms with Crippen LogP contribution in [0.5, 0.6) is 5.75 Å². The number of carboxylic acids is 1. The first-order valence-corrected chi connectivity index (χ1v) is 5.82. The Morgan fingerprint density at radius 1 is 1.59 bits per heavy atom. The number of nitrogens with zero attached hydrogens (tertiary/aromatic N) is 1. The molecule has 0 fully saturated rings. The van der Waals surface area contributed by atoms with Crippen LogP contribution in [-0.4, -0.2) is 31.3 Å². The van der Waals surface area contributed by atoms with Gasteiger partial charge in [-0.2, -0.15) is 0 Å². The minimum atomic E-state index is -0.752. The average Bonchev–Trinajstić information content (AvgIpc) is 2.57. The molecule has 1 unspecified atom stereocenters. The lowest BCUT2D eigenvalue weighted by Crippen LogP contribution is -2.17. The Kier molecular flexibility index (Phi) is 3.22. The van der Waals surface area contributed by atoms with E-state index in [0.29, 0.717) is 6.61 Å². The summed E-state index contributed by atoms with van der Waals surface area (Å²) in [5.41, 5.74) is 2.13. The van der Waals surface area contributed by atoms with Crippen molar-refractivity contribution in [1.29, 1.82) is 0 Å². The van der Waals surface area contributed by atoms with Crippen LogP contribution in [0.2, 0.25) is 0 Å². The van der Waals surface area contributed by atoms with Crippen molar-refractivity contribution in [2.75, 3.05) is 25.1 Å². The molecule has 0 saturated carbocycles. The second-order valence-electron chi connectivity index (χ2n) is 4.30. The Morgan fingerprint density at radius 2 is 2.35 bits per heavy atom. The summed E-state index contributed by atoms with van der Waals surface area (Å²) in [6, 6.07) is 5.86. The SMILES string of the molecule is CCOc1cccc2c1N(C)CC2CC(=O)O. The Labute approximate surface area is 101 Å². The second-order valence-corrected chi connectivity index (χ2v) is 4.30. The predicted molar refractivity (Wildman–Crippen MR) is 65.9 cm³/mol. The van der Waals surface area contributed by atoms with Crippen LogP contribution in [0.1, 0.15) is 24.8 Å². The van der Waals surface area contributed by atoms with Gasteiger partial charge >= 0.3 is 5.97 Å². The number of hydrogen-bond donors (Lipinski definition) is 1. The number of fused-ring (bicyclic) bond motifs is 1. The van der Waals surface area contributed by atoms with E-state index in [4.69, 9.17) is 9.84 Å². The van der Waals surface area contributed by atoms with Gasteiger partial charge in [-0.25, -0.2) is 0 Å². The van der Waals surface area contributed by atoms with Gasteiger partial charge in [0.1, 0.15) is 5.75 Å². The minimum absolute atomic E-state index is 0.0629. The molecule has 1 aliphatic heterocycles. The molecule has 1 aromatic carbocycles. The van der Waals surface area contributed by atoms with Gasteiger partial charge in [0.2, 0.25) is 0 Å². The third-order valence-corrected chi connectivity index (χ3v) is 3.07. The maximum absolute atomic E-state index is 10.8. The zero-order valence-electron chi connectivity index (χ0n) is 10.1. The molecule has 4 nitrogen and oxygen atoms in total. The van der Waals surface area contributed by atoms with Crippen LogP contribution in [0.3, 0.4) is 0 Å². The Hall–Kier alpha value is -1.71. The molecule has 1 aromatic rings. The lowest BCUT2D eigenvalue weighted by atomic mass is 9.98. The quantitative estimate of drug-likeness (QED) is 0.868. The summed E-state index contributed by atoms with van der Waals surface area (Å²) >= 11 is 0. The predicted octanol–water partition coefficient (Wildman–Crippen LogP) is 2.09. The Morgan fingerprint density at radius 3 is 3.00 bits per heavy atom. The Bertz CT molecular complexity index is 431. The van der Waals surface area contributed by atoms with Crippen molar-refractivity contribution in [1.82, 2.24) is 0 Å². The van der Waals surface area contributed by atoms with Gasteiger partial charge in [-0.05, 0) is 18.6 Å². The van der Waals surface area contributed by atoms with E-state index in [0.717, 1.165) is 23.5 Å². The summed E-state index contributed by atoms with van der Waals surface area (Å²) in [6.45, 7) is 3.31. The van der Waals surface area contributed by atoms with Crippen molar-refractivity contribution in [2.24, 2.45) is 0 Å². The highest BCUT2D eigenvalue weighted by Gasteiger charge is 2.30. The van der Waals surface area contributed by atoms with Crippen LogP contribution in [0.25, 0.3) is 0 Å². The maximum Gasteiger partial charge on any atom is 0.304 e. The average molecular weight is 235 g/mol. The molecule has 0 amide bonds. The van der Waals surface area contributed by atoms with Crippen molar-refractivity contribution >= 4 is 11.7 Å². The highest BCUT2D eigenvalue weighted by molar-refractivity contribution is 5.73. The molecule has 2 rings (SSSR count). The summed E-state index contributed by atoms with van der Waals surface area (Å²) in [4.78, 5) is 12.9. The highest BCUT2D eigenvalue weighted by Crippen LogP contribution is 2.43. The molecular formula is C13H17NO3. The molecule has 0 saturated heterocycles. The van der Waals surface area contributed by atoms with E-state index in [-0.39, 0.29) is 12.3 Å². The molecule has 1 heterocycles. The number of likely N-dealkylation sites (N-methyl/N-ethyl adjacent to an activating group) is 1. The zero-order valence-corrected chi connectivity index (χ0v) is 10.1. The molecule has 0 radical (unpaired) electrons. The normalized spacial score (nSPS) is 18.0. The number of ether oxygens (including phenoxy) is 1.